The number of carbonyl (C=O) groups is 2. The number of nitrogens with zero attached hydrogens (tertiary/aromatic N) is 1. The molecule has 0 saturated heterocycles. The average molecular weight is 332 g/mol. The van der Waals surface area contributed by atoms with E-state index in [-0.39, 0.29) is 6.42 Å². The number of nitrogens with one attached hydrogen (secondary N) is 1. The molecular formula is C10H18F2N2O6S. The summed E-state index contributed by atoms with van der Waals surface area (Å²) < 4.78 is 46.5. The number of hydrogen-bond donors (Lipinski definition) is 3. The van der Waals surface area contributed by atoms with Gasteiger partial charge in [0, 0.05) is 12.8 Å². The lowest BCUT2D eigenvalue weighted by atomic mass is 10.2. The van der Waals surface area contributed by atoms with Crippen molar-refractivity contribution < 1.29 is 37.0 Å². The van der Waals surface area contributed by atoms with E-state index in [4.69, 9.17) is 10.2 Å². The molecule has 0 saturated carbocycles. The Hall–Kier alpha value is -1.49. The van der Waals surface area contributed by atoms with Crippen LogP contribution in [0.2, 0.25) is 0 Å². The quantitative estimate of drug-likeness (QED) is 0.505. The summed E-state index contributed by atoms with van der Waals surface area (Å²) in [5, 5.41) is 19.5. The van der Waals surface area contributed by atoms with Crippen molar-refractivity contribution in [3.05, 3.63) is 0 Å². The Kier molecular flexibility index (Phi) is 8.10. The number of halogens is 2. The van der Waals surface area contributed by atoms with E-state index < -0.39 is 59.8 Å². The molecule has 0 aliphatic rings. The average Bonchev–Trinajstić information content (AvgIpc) is 2.31. The first-order chi connectivity index (χ1) is 9.56. The lowest BCUT2D eigenvalue weighted by Gasteiger charge is -2.24. The fourth-order valence-electron chi connectivity index (χ4n) is 1.39. The zero-order chi connectivity index (χ0) is 16.6. The van der Waals surface area contributed by atoms with E-state index in [1.54, 1.807) is 0 Å². The molecule has 11 heteroatoms. The third-order valence-corrected chi connectivity index (χ3v) is 3.37. The smallest absolute Gasteiger partial charge is 0.326 e. The Morgan fingerprint density at radius 1 is 1.33 bits per heavy atom. The SMILES string of the molecule is CS(=O)(=O)CCC(NC(=O)N(CCO)CC(F)F)C(=O)O. The molecule has 3 N–H and O–H groups in total. The molecule has 1 unspecified atom stereocenters. The summed E-state index contributed by atoms with van der Waals surface area (Å²) >= 11 is 0. The van der Waals surface area contributed by atoms with Gasteiger partial charge in [0.1, 0.15) is 15.9 Å². The Morgan fingerprint density at radius 3 is 2.29 bits per heavy atom. The van der Waals surface area contributed by atoms with E-state index in [9.17, 15) is 26.8 Å². The van der Waals surface area contributed by atoms with Crippen LogP contribution in [0.1, 0.15) is 6.42 Å². The van der Waals surface area contributed by atoms with Gasteiger partial charge in [-0.2, -0.15) is 0 Å². The molecule has 0 rings (SSSR count). The molecule has 21 heavy (non-hydrogen) atoms. The van der Waals surface area contributed by atoms with Gasteiger partial charge in [-0.3, -0.25) is 0 Å². The number of amides is 2. The number of carboxylic acid groups (broad SMARTS) is 1. The molecule has 0 aromatic heterocycles. The molecule has 0 heterocycles. The first-order valence-electron chi connectivity index (χ1n) is 5.91. The predicted molar refractivity (Wildman–Crippen MR) is 68.9 cm³/mol. The Labute approximate surface area is 120 Å². The largest absolute Gasteiger partial charge is 0.480 e. The number of alkyl halides is 2. The van der Waals surface area contributed by atoms with E-state index in [1.165, 1.54) is 0 Å². The summed E-state index contributed by atoms with van der Waals surface area (Å²) in [6.45, 7) is -1.93. The minimum Gasteiger partial charge on any atom is -0.480 e. The highest BCUT2D eigenvalue weighted by molar-refractivity contribution is 7.90. The summed E-state index contributed by atoms with van der Waals surface area (Å²) in [5.74, 6) is -1.95. The van der Waals surface area contributed by atoms with Crippen molar-refractivity contribution in [2.45, 2.75) is 18.9 Å². The van der Waals surface area contributed by atoms with Crippen LogP contribution in [0.3, 0.4) is 0 Å². The van der Waals surface area contributed by atoms with Gasteiger partial charge in [0.15, 0.2) is 0 Å². The van der Waals surface area contributed by atoms with E-state index in [0.29, 0.717) is 4.90 Å². The lowest BCUT2D eigenvalue weighted by molar-refractivity contribution is -0.139. The van der Waals surface area contributed by atoms with Crippen molar-refractivity contribution in [1.82, 2.24) is 10.2 Å². The summed E-state index contributed by atoms with van der Waals surface area (Å²) in [5.41, 5.74) is 0. The second-order valence-corrected chi connectivity index (χ2v) is 6.58. The third kappa shape index (κ3) is 9.13. The van der Waals surface area contributed by atoms with Crippen LogP contribution in [0, 0.1) is 0 Å². The van der Waals surface area contributed by atoms with Gasteiger partial charge in [-0.15, -0.1) is 0 Å². The molecule has 0 aromatic rings. The Morgan fingerprint density at radius 2 is 1.90 bits per heavy atom. The number of carboxylic acids is 1. The normalized spacial score (nSPS) is 13.0. The maximum atomic E-state index is 12.3. The predicted octanol–water partition coefficient (Wildman–Crippen LogP) is -0.857. The van der Waals surface area contributed by atoms with Crippen molar-refractivity contribution in [3.8, 4) is 0 Å². The van der Waals surface area contributed by atoms with Gasteiger partial charge in [0.2, 0.25) is 0 Å². The van der Waals surface area contributed by atoms with Crippen molar-refractivity contribution in [2.75, 3.05) is 31.7 Å². The van der Waals surface area contributed by atoms with E-state index in [2.05, 4.69) is 0 Å². The fraction of sp³-hybridized carbons (Fsp3) is 0.800. The van der Waals surface area contributed by atoms with Gasteiger partial charge in [0.25, 0.3) is 6.43 Å². The number of carbonyl (C=O) groups excluding carboxylic acids is 1. The highest BCUT2D eigenvalue weighted by atomic mass is 32.2. The number of hydrogen-bond acceptors (Lipinski definition) is 5. The van der Waals surface area contributed by atoms with Crippen molar-refractivity contribution in [2.24, 2.45) is 0 Å². The van der Waals surface area contributed by atoms with Crippen LogP contribution in [0.15, 0.2) is 0 Å². The van der Waals surface area contributed by atoms with Gasteiger partial charge in [-0.1, -0.05) is 0 Å². The molecule has 8 nitrogen and oxygen atoms in total. The molecule has 1 atom stereocenters. The maximum absolute atomic E-state index is 12.3. The summed E-state index contributed by atoms with van der Waals surface area (Å²) in [6.07, 6.45) is -2.33. The first-order valence-corrected chi connectivity index (χ1v) is 7.98. The monoisotopic (exact) mass is 332 g/mol. The number of urea groups is 1. The van der Waals surface area contributed by atoms with Crippen LogP contribution >= 0.6 is 0 Å². The minimum atomic E-state index is -3.43. The van der Waals surface area contributed by atoms with Crippen LogP contribution in [0.4, 0.5) is 13.6 Å². The molecule has 124 valence electrons. The van der Waals surface area contributed by atoms with Gasteiger partial charge < -0.3 is 20.4 Å². The summed E-state index contributed by atoms with van der Waals surface area (Å²) in [6, 6.07) is -2.63. The molecule has 0 aromatic carbocycles. The molecule has 0 bridgehead atoms. The topological polar surface area (TPSA) is 124 Å². The molecule has 0 radical (unpaired) electrons. The second-order valence-electron chi connectivity index (χ2n) is 4.32. The van der Waals surface area contributed by atoms with Gasteiger partial charge >= 0.3 is 12.0 Å². The van der Waals surface area contributed by atoms with Crippen LogP contribution in [0.25, 0.3) is 0 Å². The highest BCUT2D eigenvalue weighted by Gasteiger charge is 2.25. The van der Waals surface area contributed by atoms with Gasteiger partial charge in [0.05, 0.1) is 18.9 Å². The number of sulfone groups is 1. The molecule has 0 aliphatic carbocycles. The highest BCUT2D eigenvalue weighted by Crippen LogP contribution is 2.02. The van der Waals surface area contributed by atoms with E-state index in [1.807, 2.05) is 5.32 Å². The molecule has 0 aliphatic heterocycles. The van der Waals surface area contributed by atoms with Crippen LogP contribution in [-0.2, 0) is 14.6 Å². The van der Waals surface area contributed by atoms with Crippen LogP contribution in [0.5, 0.6) is 0 Å². The number of aliphatic hydroxyl groups excluding tert-OH is 1. The van der Waals surface area contributed by atoms with Crippen LogP contribution < -0.4 is 5.32 Å². The molecule has 2 amide bonds. The van der Waals surface area contributed by atoms with Crippen LogP contribution in [-0.4, -0.2) is 79.7 Å². The molecular weight excluding hydrogens is 314 g/mol. The maximum Gasteiger partial charge on any atom is 0.326 e. The fourth-order valence-corrected chi connectivity index (χ4v) is 2.06. The standard InChI is InChI=1S/C10H18F2N2O6S/c1-21(19,20)5-2-7(9(16)17)13-10(18)14(3-4-15)6-8(11)12/h7-8,15H,2-6H2,1H3,(H,13,18)(H,16,17). The Balaban J connectivity index is 4.73. The van der Waals surface area contributed by atoms with Crippen molar-refractivity contribution >= 4 is 21.8 Å². The number of rotatable bonds is 9. The molecule has 0 spiro atoms. The molecule has 0 fully saturated rings. The summed E-state index contributed by atoms with van der Waals surface area (Å²) in [4.78, 5) is 23.2. The van der Waals surface area contributed by atoms with Crippen molar-refractivity contribution in [1.29, 1.82) is 0 Å². The van der Waals surface area contributed by atoms with E-state index in [0.717, 1.165) is 6.26 Å². The third-order valence-electron chi connectivity index (χ3n) is 2.39. The zero-order valence-electron chi connectivity index (χ0n) is 11.3. The van der Waals surface area contributed by atoms with Gasteiger partial charge in [-0.05, 0) is 6.42 Å². The van der Waals surface area contributed by atoms with Gasteiger partial charge in [-0.25, -0.2) is 26.8 Å². The number of aliphatic hydroxyl groups is 1. The van der Waals surface area contributed by atoms with Crippen molar-refractivity contribution in [3.63, 3.8) is 0 Å². The minimum absolute atomic E-state index is 0.387. The Bertz CT molecular complexity index is 456. The first kappa shape index (κ1) is 19.5. The summed E-state index contributed by atoms with van der Waals surface area (Å²) in [7, 11) is -3.43. The van der Waals surface area contributed by atoms with E-state index >= 15 is 0 Å². The lowest BCUT2D eigenvalue weighted by Crippen LogP contribution is -2.50. The number of aliphatic carboxylic acids is 1. The second kappa shape index (κ2) is 8.72. The zero-order valence-corrected chi connectivity index (χ0v) is 12.1.